The van der Waals surface area contributed by atoms with Crippen molar-refractivity contribution in [1.82, 2.24) is 9.97 Å². The second-order valence-corrected chi connectivity index (χ2v) is 6.07. The fourth-order valence-corrected chi connectivity index (χ4v) is 3.32. The zero-order chi connectivity index (χ0) is 14.7. The highest BCUT2D eigenvalue weighted by Crippen LogP contribution is 2.22. The van der Waals surface area contributed by atoms with E-state index >= 15 is 0 Å². The summed E-state index contributed by atoms with van der Waals surface area (Å²) in [5.41, 5.74) is 8.40. The van der Waals surface area contributed by atoms with Crippen LogP contribution in [0.5, 0.6) is 5.88 Å². The Kier molecular flexibility index (Phi) is 4.13. The van der Waals surface area contributed by atoms with Crippen LogP contribution in [-0.4, -0.2) is 23.1 Å². The van der Waals surface area contributed by atoms with Gasteiger partial charge in [-0.05, 0) is 24.1 Å². The Hall–Kier alpha value is -1.98. The van der Waals surface area contributed by atoms with Crippen LogP contribution in [-0.2, 0) is 12.8 Å². The van der Waals surface area contributed by atoms with Crippen LogP contribution in [0.25, 0.3) is 10.2 Å². The van der Waals surface area contributed by atoms with Crippen molar-refractivity contribution in [2.24, 2.45) is 5.73 Å². The molecule has 0 aliphatic carbocycles. The molecule has 5 heteroatoms. The van der Waals surface area contributed by atoms with Crippen LogP contribution in [0.15, 0.2) is 42.6 Å². The predicted molar refractivity (Wildman–Crippen MR) is 85.8 cm³/mol. The monoisotopic (exact) mass is 299 g/mol. The summed E-state index contributed by atoms with van der Waals surface area (Å²) in [6.45, 7) is 0. The van der Waals surface area contributed by atoms with E-state index in [-0.39, 0.29) is 6.04 Å². The first-order chi connectivity index (χ1) is 10.2. The molecule has 0 saturated heterocycles. The number of aromatic nitrogens is 2. The van der Waals surface area contributed by atoms with Gasteiger partial charge in [0.1, 0.15) is 0 Å². The number of para-hydroxylation sites is 1. The van der Waals surface area contributed by atoms with Crippen molar-refractivity contribution in [3.8, 4) is 5.88 Å². The lowest BCUT2D eigenvalue weighted by Gasteiger charge is -2.09. The molecule has 0 amide bonds. The topological polar surface area (TPSA) is 61.0 Å². The molecule has 0 aliphatic heterocycles. The lowest BCUT2D eigenvalue weighted by molar-refractivity contribution is 0.397. The number of pyridine rings is 1. The highest BCUT2D eigenvalue weighted by Gasteiger charge is 2.10. The minimum Gasteiger partial charge on any atom is -0.481 e. The molecule has 0 radical (unpaired) electrons. The minimum atomic E-state index is 0.0424. The molecule has 4 nitrogen and oxygen atoms in total. The summed E-state index contributed by atoms with van der Waals surface area (Å²) in [6.07, 6.45) is 3.38. The molecule has 0 saturated carbocycles. The van der Waals surface area contributed by atoms with E-state index < -0.39 is 0 Å². The van der Waals surface area contributed by atoms with E-state index in [4.69, 9.17) is 10.5 Å². The number of nitrogens with zero attached hydrogens (tertiary/aromatic N) is 2. The van der Waals surface area contributed by atoms with Crippen LogP contribution in [0.2, 0.25) is 0 Å². The molecule has 1 unspecified atom stereocenters. The predicted octanol–water partition coefficient (Wildman–Crippen LogP) is 2.81. The van der Waals surface area contributed by atoms with Gasteiger partial charge >= 0.3 is 0 Å². The van der Waals surface area contributed by atoms with Crippen molar-refractivity contribution in [1.29, 1.82) is 0 Å². The van der Waals surface area contributed by atoms with Gasteiger partial charge in [-0.1, -0.05) is 18.2 Å². The highest BCUT2D eigenvalue weighted by molar-refractivity contribution is 7.18. The molecular formula is C16H17N3OS. The van der Waals surface area contributed by atoms with E-state index in [9.17, 15) is 0 Å². The number of hydrogen-bond donors (Lipinski definition) is 1. The molecule has 3 rings (SSSR count). The van der Waals surface area contributed by atoms with Crippen molar-refractivity contribution in [3.05, 3.63) is 53.2 Å². The zero-order valence-electron chi connectivity index (χ0n) is 11.8. The van der Waals surface area contributed by atoms with Gasteiger partial charge in [0.2, 0.25) is 5.88 Å². The number of fused-ring (bicyclic) bond motifs is 1. The van der Waals surface area contributed by atoms with Crippen LogP contribution < -0.4 is 10.5 Å². The molecule has 1 atom stereocenters. The first kappa shape index (κ1) is 14.0. The Morgan fingerprint density at radius 2 is 2.05 bits per heavy atom. The maximum absolute atomic E-state index is 6.24. The minimum absolute atomic E-state index is 0.0424. The number of rotatable bonds is 5. The largest absolute Gasteiger partial charge is 0.481 e. The molecule has 0 spiro atoms. The molecule has 21 heavy (non-hydrogen) atoms. The molecule has 108 valence electrons. The summed E-state index contributed by atoms with van der Waals surface area (Å²) in [5.74, 6) is 0.624. The fraction of sp³-hybridized carbons (Fsp3) is 0.250. The molecule has 3 aromatic rings. The number of thiazole rings is 1. The van der Waals surface area contributed by atoms with Gasteiger partial charge in [-0.15, -0.1) is 11.3 Å². The Balaban J connectivity index is 1.66. The van der Waals surface area contributed by atoms with Crippen LogP contribution >= 0.6 is 11.3 Å². The highest BCUT2D eigenvalue weighted by atomic mass is 32.1. The maximum atomic E-state index is 6.24. The van der Waals surface area contributed by atoms with E-state index in [2.05, 4.69) is 16.0 Å². The number of benzene rings is 1. The first-order valence-corrected chi connectivity index (χ1v) is 7.65. The van der Waals surface area contributed by atoms with E-state index in [1.54, 1.807) is 18.4 Å². The molecule has 2 N–H and O–H groups in total. The summed E-state index contributed by atoms with van der Waals surface area (Å²) in [7, 11) is 1.61. The molecule has 2 heterocycles. The molecular weight excluding hydrogens is 282 g/mol. The lowest BCUT2D eigenvalue weighted by atomic mass is 10.1. The third-order valence-corrected chi connectivity index (χ3v) is 4.34. The Bertz CT molecular complexity index is 691. The van der Waals surface area contributed by atoms with Gasteiger partial charge in [0, 0.05) is 24.7 Å². The van der Waals surface area contributed by atoms with Crippen molar-refractivity contribution in [3.63, 3.8) is 0 Å². The lowest BCUT2D eigenvalue weighted by Crippen LogP contribution is -2.25. The smallest absolute Gasteiger partial charge is 0.212 e. The number of methoxy groups -OCH3 is 1. The van der Waals surface area contributed by atoms with Crippen LogP contribution in [0.1, 0.15) is 10.6 Å². The van der Waals surface area contributed by atoms with Gasteiger partial charge in [0.15, 0.2) is 0 Å². The summed E-state index contributed by atoms with van der Waals surface area (Å²) in [5, 5.41) is 1.09. The molecule has 2 aromatic heterocycles. The van der Waals surface area contributed by atoms with Gasteiger partial charge in [-0.25, -0.2) is 9.97 Å². The fourth-order valence-electron chi connectivity index (χ4n) is 2.26. The summed E-state index contributed by atoms with van der Waals surface area (Å²) in [6, 6.07) is 12.1. The number of nitrogens with two attached hydrogens (primary N) is 1. The van der Waals surface area contributed by atoms with Gasteiger partial charge in [0.25, 0.3) is 0 Å². The van der Waals surface area contributed by atoms with Gasteiger partial charge in [-0.3, -0.25) is 0 Å². The normalized spacial score (nSPS) is 12.5. The Morgan fingerprint density at radius 3 is 2.76 bits per heavy atom. The Morgan fingerprint density at radius 1 is 1.19 bits per heavy atom. The number of ether oxygens (including phenoxy) is 1. The second-order valence-electron chi connectivity index (χ2n) is 4.95. The van der Waals surface area contributed by atoms with Crippen molar-refractivity contribution < 1.29 is 4.74 Å². The molecule has 0 aliphatic rings. The third kappa shape index (κ3) is 3.37. The van der Waals surface area contributed by atoms with Crippen molar-refractivity contribution >= 4 is 21.6 Å². The van der Waals surface area contributed by atoms with Crippen LogP contribution in [0.4, 0.5) is 0 Å². The van der Waals surface area contributed by atoms with Crippen LogP contribution in [0.3, 0.4) is 0 Å². The third-order valence-electron chi connectivity index (χ3n) is 3.28. The van der Waals surface area contributed by atoms with Gasteiger partial charge in [-0.2, -0.15) is 0 Å². The Labute approximate surface area is 127 Å². The second kappa shape index (κ2) is 6.20. The van der Waals surface area contributed by atoms with E-state index in [0.29, 0.717) is 5.88 Å². The molecule has 0 fully saturated rings. The van der Waals surface area contributed by atoms with E-state index in [0.717, 1.165) is 28.9 Å². The standard InChI is InChI=1S/C16H17N3OS/c1-20-15-7-6-11(10-18-15)8-12(17)9-16-19-13-4-2-3-5-14(13)21-16/h2-7,10,12H,8-9,17H2,1H3. The van der Waals surface area contributed by atoms with E-state index in [1.165, 1.54) is 4.70 Å². The number of hydrogen-bond acceptors (Lipinski definition) is 5. The molecule has 0 bridgehead atoms. The van der Waals surface area contributed by atoms with Gasteiger partial charge in [0.05, 0.1) is 22.3 Å². The summed E-state index contributed by atoms with van der Waals surface area (Å²) in [4.78, 5) is 8.83. The average molecular weight is 299 g/mol. The van der Waals surface area contributed by atoms with Crippen molar-refractivity contribution in [2.45, 2.75) is 18.9 Å². The van der Waals surface area contributed by atoms with Crippen LogP contribution in [0, 0.1) is 0 Å². The quantitative estimate of drug-likeness (QED) is 0.787. The summed E-state index contributed by atoms with van der Waals surface area (Å²) >= 11 is 1.72. The molecule has 1 aromatic carbocycles. The van der Waals surface area contributed by atoms with Gasteiger partial charge < -0.3 is 10.5 Å². The zero-order valence-corrected chi connectivity index (χ0v) is 12.6. The summed E-state index contributed by atoms with van der Waals surface area (Å²) < 4.78 is 6.27. The van der Waals surface area contributed by atoms with E-state index in [1.807, 2.05) is 36.5 Å². The van der Waals surface area contributed by atoms with Crippen molar-refractivity contribution in [2.75, 3.05) is 7.11 Å². The average Bonchev–Trinajstić information content (AvgIpc) is 2.90. The SMILES string of the molecule is COc1ccc(CC(N)Cc2nc3ccccc3s2)cn1. The maximum Gasteiger partial charge on any atom is 0.212 e. The first-order valence-electron chi connectivity index (χ1n) is 6.83.